The highest BCUT2D eigenvalue weighted by atomic mass is 19.4. The summed E-state index contributed by atoms with van der Waals surface area (Å²) in [6.07, 6.45) is -2.93. The first-order valence-corrected chi connectivity index (χ1v) is 9.41. The van der Waals surface area contributed by atoms with Crippen LogP contribution >= 0.6 is 0 Å². The molecule has 4 rings (SSSR count). The van der Waals surface area contributed by atoms with Gasteiger partial charge in [-0.3, -0.25) is 4.98 Å². The minimum absolute atomic E-state index is 0.0325. The molecule has 0 bridgehead atoms. The molecule has 164 valence electrons. The van der Waals surface area contributed by atoms with Gasteiger partial charge in [-0.05, 0) is 48.5 Å². The summed E-state index contributed by atoms with van der Waals surface area (Å²) in [6.45, 7) is -0.559. The molecule has 3 heterocycles. The number of nitrogens with one attached hydrogen (secondary N) is 1. The van der Waals surface area contributed by atoms with Crippen molar-refractivity contribution in [2.75, 3.05) is 11.9 Å². The van der Waals surface area contributed by atoms with Crippen LogP contribution in [0.2, 0.25) is 0 Å². The van der Waals surface area contributed by atoms with E-state index in [4.69, 9.17) is 5.11 Å². The first-order valence-electron chi connectivity index (χ1n) is 9.41. The van der Waals surface area contributed by atoms with Crippen molar-refractivity contribution in [2.45, 2.75) is 12.3 Å². The molecule has 0 unspecified atom stereocenters. The maximum absolute atomic E-state index is 14.5. The fraction of sp³-hybridized carbons (Fsp3) is 0.136. The first kappa shape index (κ1) is 21.6. The van der Waals surface area contributed by atoms with Gasteiger partial charge in [-0.2, -0.15) is 13.2 Å². The fourth-order valence-corrected chi connectivity index (χ4v) is 3.09. The van der Waals surface area contributed by atoms with E-state index in [0.717, 1.165) is 18.2 Å². The molecular weight excluding hydrogens is 428 g/mol. The largest absolute Gasteiger partial charge is 0.416 e. The predicted molar refractivity (Wildman–Crippen MR) is 109 cm³/mol. The normalized spacial score (nSPS) is 12.7. The lowest BCUT2D eigenvalue weighted by molar-refractivity contribution is -0.137. The molecule has 0 fully saturated rings. The summed E-state index contributed by atoms with van der Waals surface area (Å²) < 4.78 is 52.7. The quantitative estimate of drug-likeness (QED) is 0.389. The summed E-state index contributed by atoms with van der Waals surface area (Å²) in [4.78, 5) is 12.6. The number of rotatable bonds is 5. The van der Waals surface area contributed by atoms with E-state index >= 15 is 0 Å². The molecule has 3 N–H and O–H groups in total. The van der Waals surface area contributed by atoms with Crippen LogP contribution in [0.4, 0.5) is 29.1 Å². The zero-order chi connectivity index (χ0) is 22.9. The van der Waals surface area contributed by atoms with E-state index in [0.29, 0.717) is 22.4 Å². The maximum atomic E-state index is 14.5. The van der Waals surface area contributed by atoms with E-state index in [2.05, 4.69) is 20.3 Å². The Kier molecular flexibility index (Phi) is 5.72. The molecule has 0 aliphatic carbocycles. The molecule has 4 aromatic rings. The Labute approximate surface area is 179 Å². The highest BCUT2D eigenvalue weighted by Crippen LogP contribution is 2.31. The molecule has 0 amide bonds. The molecular formula is C22H16F4N4O2. The van der Waals surface area contributed by atoms with Crippen LogP contribution in [-0.2, 0) is 6.18 Å². The van der Waals surface area contributed by atoms with Crippen LogP contribution in [0.25, 0.3) is 22.3 Å². The van der Waals surface area contributed by atoms with Crippen LogP contribution in [0.5, 0.6) is 0 Å². The van der Waals surface area contributed by atoms with Gasteiger partial charge in [-0.1, -0.05) is 0 Å². The smallest absolute Gasteiger partial charge is 0.393 e. The molecule has 0 saturated heterocycles. The molecule has 0 aliphatic heterocycles. The number of aliphatic hydroxyl groups excluding tert-OH is 2. The topological polar surface area (TPSA) is 91.2 Å². The third kappa shape index (κ3) is 4.36. The fourth-order valence-electron chi connectivity index (χ4n) is 3.09. The number of alkyl halides is 3. The Bertz CT molecular complexity index is 1260. The van der Waals surface area contributed by atoms with Crippen molar-refractivity contribution < 1.29 is 27.8 Å². The first-order chi connectivity index (χ1) is 15.3. The molecule has 6 nitrogen and oxygen atoms in total. The van der Waals surface area contributed by atoms with Gasteiger partial charge in [0, 0.05) is 29.0 Å². The molecule has 1 aromatic carbocycles. The van der Waals surface area contributed by atoms with Crippen molar-refractivity contribution in [1.82, 2.24) is 15.0 Å². The van der Waals surface area contributed by atoms with Gasteiger partial charge in [0.05, 0.1) is 23.4 Å². The molecule has 0 aliphatic rings. The molecule has 0 radical (unpaired) electrons. The minimum Gasteiger partial charge on any atom is -0.393 e. The van der Waals surface area contributed by atoms with E-state index in [-0.39, 0.29) is 17.0 Å². The van der Waals surface area contributed by atoms with Crippen LogP contribution in [0.1, 0.15) is 17.2 Å². The average molecular weight is 444 g/mol. The number of benzene rings is 1. The molecule has 10 heteroatoms. The van der Waals surface area contributed by atoms with Crippen molar-refractivity contribution in [3.8, 4) is 11.4 Å². The summed E-state index contributed by atoms with van der Waals surface area (Å²) in [6, 6.07) is 10.4. The number of pyridine rings is 3. The zero-order valence-electron chi connectivity index (χ0n) is 16.3. The number of hydrogen-bond acceptors (Lipinski definition) is 6. The van der Waals surface area contributed by atoms with E-state index in [9.17, 15) is 22.7 Å². The maximum Gasteiger partial charge on any atom is 0.416 e. The van der Waals surface area contributed by atoms with Crippen LogP contribution in [0.3, 0.4) is 0 Å². The third-order valence-electron chi connectivity index (χ3n) is 4.75. The van der Waals surface area contributed by atoms with Crippen molar-refractivity contribution in [3.63, 3.8) is 0 Å². The van der Waals surface area contributed by atoms with Crippen LogP contribution < -0.4 is 5.32 Å². The van der Waals surface area contributed by atoms with Gasteiger partial charge in [-0.15, -0.1) is 0 Å². The summed E-state index contributed by atoms with van der Waals surface area (Å²) >= 11 is 0. The number of aliphatic hydroxyl groups is 2. The number of anilines is 2. The van der Waals surface area contributed by atoms with Gasteiger partial charge in [-0.25, -0.2) is 14.4 Å². The lowest BCUT2D eigenvalue weighted by Crippen LogP contribution is -2.05. The van der Waals surface area contributed by atoms with E-state index < -0.39 is 30.3 Å². The van der Waals surface area contributed by atoms with Crippen molar-refractivity contribution >= 4 is 22.4 Å². The van der Waals surface area contributed by atoms with Gasteiger partial charge < -0.3 is 15.5 Å². The lowest BCUT2D eigenvalue weighted by Gasteiger charge is -2.12. The number of aromatic nitrogens is 3. The molecule has 1 atom stereocenters. The highest BCUT2D eigenvalue weighted by Gasteiger charge is 2.30. The Hall–Kier alpha value is -3.63. The Balaban J connectivity index is 1.64. The lowest BCUT2D eigenvalue weighted by atomic mass is 10.1. The van der Waals surface area contributed by atoms with Crippen molar-refractivity contribution in [3.05, 3.63) is 77.9 Å². The van der Waals surface area contributed by atoms with Crippen molar-refractivity contribution in [2.24, 2.45) is 0 Å². The molecule has 3 aromatic heterocycles. The predicted octanol–water partition coefficient (Wildman–Crippen LogP) is 4.62. The van der Waals surface area contributed by atoms with E-state index in [1.54, 1.807) is 12.1 Å². The number of fused-ring (bicyclic) bond motifs is 1. The van der Waals surface area contributed by atoms with Gasteiger partial charge in [0.2, 0.25) is 0 Å². The summed E-state index contributed by atoms with van der Waals surface area (Å²) in [5, 5.41) is 22.1. The van der Waals surface area contributed by atoms with E-state index in [1.807, 2.05) is 0 Å². The van der Waals surface area contributed by atoms with Crippen LogP contribution in [0.15, 0.2) is 60.9 Å². The Morgan fingerprint density at radius 1 is 1.00 bits per heavy atom. The highest BCUT2D eigenvalue weighted by molar-refractivity contribution is 5.92. The molecule has 0 saturated carbocycles. The SMILES string of the molecule is OC[C@H](O)c1cnc(-c2ccc3c(Nc4ccc(C(F)(F)F)cc4)nccc3n2)c(F)c1. The molecule has 0 spiro atoms. The monoisotopic (exact) mass is 444 g/mol. The van der Waals surface area contributed by atoms with Crippen LogP contribution in [0, 0.1) is 5.82 Å². The van der Waals surface area contributed by atoms with E-state index in [1.165, 1.54) is 30.6 Å². The van der Waals surface area contributed by atoms with Gasteiger partial charge in [0.1, 0.15) is 17.6 Å². The molecule has 32 heavy (non-hydrogen) atoms. The number of hydrogen-bond donors (Lipinski definition) is 3. The van der Waals surface area contributed by atoms with Gasteiger partial charge in [0.15, 0.2) is 5.82 Å². The number of halogens is 4. The van der Waals surface area contributed by atoms with Gasteiger partial charge >= 0.3 is 6.18 Å². The Morgan fingerprint density at radius 2 is 1.75 bits per heavy atom. The second-order valence-corrected chi connectivity index (χ2v) is 6.92. The minimum atomic E-state index is -4.42. The third-order valence-corrected chi connectivity index (χ3v) is 4.75. The average Bonchev–Trinajstić information content (AvgIpc) is 2.78. The van der Waals surface area contributed by atoms with Gasteiger partial charge in [0.25, 0.3) is 0 Å². The Morgan fingerprint density at radius 3 is 2.41 bits per heavy atom. The summed E-state index contributed by atoms with van der Waals surface area (Å²) in [5.74, 6) is -0.338. The number of nitrogens with zero attached hydrogens (tertiary/aromatic N) is 3. The standard InChI is InChI=1S/C22H16F4N4O2/c23-16-9-12(19(32)11-31)10-28-20(16)18-6-5-15-17(30-18)7-8-27-21(15)29-14-3-1-13(2-4-14)22(24,25)26/h1-10,19,31-32H,11H2,(H,27,29)/t19-/m0/s1. The second-order valence-electron chi connectivity index (χ2n) is 6.92. The summed E-state index contributed by atoms with van der Waals surface area (Å²) in [7, 11) is 0. The van der Waals surface area contributed by atoms with Crippen LogP contribution in [-0.4, -0.2) is 31.8 Å². The second kappa shape index (κ2) is 8.48. The zero-order valence-corrected chi connectivity index (χ0v) is 16.3. The summed E-state index contributed by atoms with van der Waals surface area (Å²) in [5.41, 5.74) is 0.469. The van der Waals surface area contributed by atoms with Crippen molar-refractivity contribution in [1.29, 1.82) is 0 Å².